The number of nitrogens with one attached hydrogen (secondary N) is 1. The van der Waals surface area contributed by atoms with Gasteiger partial charge in [-0.1, -0.05) is 24.3 Å². The second-order valence-electron chi connectivity index (χ2n) is 7.82. The van der Waals surface area contributed by atoms with Crippen molar-refractivity contribution >= 4 is 26.7 Å². The van der Waals surface area contributed by atoms with Crippen molar-refractivity contribution in [3.63, 3.8) is 0 Å². The van der Waals surface area contributed by atoms with Gasteiger partial charge in [0.1, 0.15) is 16.5 Å². The lowest BCUT2D eigenvalue weighted by atomic mass is 10.0. The Bertz CT molecular complexity index is 1450. The number of hydrogen-bond donors (Lipinski definition) is 2. The summed E-state index contributed by atoms with van der Waals surface area (Å²) in [5, 5.41) is 4.80. The van der Waals surface area contributed by atoms with Crippen LogP contribution in [0.15, 0.2) is 59.6 Å². The number of rotatable bonds is 5. The molecule has 2 aromatic carbocycles. The van der Waals surface area contributed by atoms with E-state index in [2.05, 4.69) is 20.9 Å². The van der Waals surface area contributed by atoms with Gasteiger partial charge in [0.05, 0.1) is 18.3 Å². The average Bonchev–Trinajstić information content (AvgIpc) is 3.30. The fraction of sp³-hybridized carbons (Fsp3) is 0.182. The molecule has 5 rings (SSSR count). The average molecular weight is 455 g/mol. The van der Waals surface area contributed by atoms with E-state index in [1.165, 1.54) is 35.5 Å². The van der Waals surface area contributed by atoms with Crippen molar-refractivity contribution in [2.24, 2.45) is 5.73 Å². The van der Waals surface area contributed by atoms with Crippen LogP contribution in [0.1, 0.15) is 16.7 Å². The summed E-state index contributed by atoms with van der Waals surface area (Å²) < 4.78 is 57.3. The summed E-state index contributed by atoms with van der Waals surface area (Å²) in [5.74, 6) is -2.03. The molecule has 0 bridgehead atoms. The standard InChI is InChI=1S/C22H19F2N5O2S/c23-18-10-19-15(8-20(18)32(30,31)28-22-6-2-5-21(24)27-22)11-26-29(19)12-14-4-1-3-13-7-16(25)9-17(13)14/h1-6,8,10-11,16H,7,9,12,25H2,(H,27,28). The summed E-state index contributed by atoms with van der Waals surface area (Å²) >= 11 is 0. The molecular formula is C22H19F2N5O2S. The molecular weight excluding hydrogens is 436 g/mol. The molecule has 0 amide bonds. The lowest BCUT2D eigenvalue weighted by Gasteiger charge is -2.11. The van der Waals surface area contributed by atoms with Crippen LogP contribution in [-0.2, 0) is 29.4 Å². The van der Waals surface area contributed by atoms with E-state index in [4.69, 9.17) is 5.73 Å². The molecule has 4 aromatic rings. The topological polar surface area (TPSA) is 103 Å². The van der Waals surface area contributed by atoms with Crippen LogP contribution in [0, 0.1) is 11.8 Å². The molecule has 1 aliphatic rings. The number of nitrogens with two attached hydrogens (primary N) is 1. The van der Waals surface area contributed by atoms with Crippen LogP contribution in [0.5, 0.6) is 0 Å². The zero-order chi connectivity index (χ0) is 22.5. The molecule has 0 radical (unpaired) electrons. The third-order valence-electron chi connectivity index (χ3n) is 5.58. The number of aromatic nitrogens is 3. The van der Waals surface area contributed by atoms with Crippen molar-refractivity contribution in [3.8, 4) is 0 Å². The highest BCUT2D eigenvalue weighted by atomic mass is 32.2. The maximum absolute atomic E-state index is 14.9. The molecule has 2 heterocycles. The predicted octanol–water partition coefficient (Wildman–Crippen LogP) is 2.98. The van der Waals surface area contributed by atoms with Gasteiger partial charge in [0.15, 0.2) is 0 Å². The van der Waals surface area contributed by atoms with Gasteiger partial charge in [-0.3, -0.25) is 9.40 Å². The van der Waals surface area contributed by atoms with Crippen LogP contribution in [0.4, 0.5) is 14.6 Å². The Balaban J connectivity index is 1.48. The summed E-state index contributed by atoms with van der Waals surface area (Å²) in [5.41, 5.74) is 10.0. The van der Waals surface area contributed by atoms with Gasteiger partial charge in [0, 0.05) is 17.5 Å². The van der Waals surface area contributed by atoms with Gasteiger partial charge in [-0.2, -0.15) is 9.49 Å². The molecule has 32 heavy (non-hydrogen) atoms. The molecule has 0 spiro atoms. The minimum Gasteiger partial charge on any atom is -0.327 e. The molecule has 164 valence electrons. The van der Waals surface area contributed by atoms with Gasteiger partial charge >= 0.3 is 0 Å². The fourth-order valence-corrected chi connectivity index (χ4v) is 5.23. The van der Waals surface area contributed by atoms with Crippen molar-refractivity contribution < 1.29 is 17.2 Å². The number of anilines is 1. The van der Waals surface area contributed by atoms with Gasteiger partial charge in [0.25, 0.3) is 10.0 Å². The minimum absolute atomic E-state index is 0.0887. The van der Waals surface area contributed by atoms with Gasteiger partial charge in [-0.15, -0.1) is 0 Å². The van der Waals surface area contributed by atoms with E-state index < -0.39 is 26.7 Å². The quantitative estimate of drug-likeness (QED) is 0.451. The first-order chi connectivity index (χ1) is 15.3. The summed E-state index contributed by atoms with van der Waals surface area (Å²) in [6.07, 6.45) is 3.09. The summed E-state index contributed by atoms with van der Waals surface area (Å²) in [4.78, 5) is 2.89. The number of hydrogen-bond acceptors (Lipinski definition) is 5. The van der Waals surface area contributed by atoms with Crippen LogP contribution in [0.25, 0.3) is 10.9 Å². The molecule has 2 aromatic heterocycles. The Morgan fingerprint density at radius 3 is 2.75 bits per heavy atom. The molecule has 0 saturated heterocycles. The van der Waals surface area contributed by atoms with Crippen LogP contribution in [-0.4, -0.2) is 29.2 Å². The summed E-state index contributed by atoms with van der Waals surface area (Å²) in [7, 11) is -4.32. The van der Waals surface area contributed by atoms with Gasteiger partial charge in [-0.05, 0) is 47.7 Å². The van der Waals surface area contributed by atoms with Gasteiger partial charge < -0.3 is 5.73 Å². The van der Waals surface area contributed by atoms with Crippen molar-refractivity contribution in [1.29, 1.82) is 0 Å². The van der Waals surface area contributed by atoms with Crippen molar-refractivity contribution in [3.05, 3.63) is 83.2 Å². The monoisotopic (exact) mass is 455 g/mol. The third kappa shape index (κ3) is 3.71. The van der Waals surface area contributed by atoms with Gasteiger partial charge in [0.2, 0.25) is 5.95 Å². The Hall–Kier alpha value is -3.37. The molecule has 10 heteroatoms. The molecule has 7 nitrogen and oxygen atoms in total. The first kappa shape index (κ1) is 20.5. The van der Waals surface area contributed by atoms with E-state index in [0.717, 1.165) is 30.5 Å². The Labute approximate surface area is 182 Å². The molecule has 0 fully saturated rings. The van der Waals surface area contributed by atoms with Crippen LogP contribution in [0.3, 0.4) is 0 Å². The number of sulfonamides is 1. The van der Waals surface area contributed by atoms with E-state index in [9.17, 15) is 17.2 Å². The Morgan fingerprint density at radius 2 is 1.94 bits per heavy atom. The van der Waals surface area contributed by atoms with Crippen molar-refractivity contribution in [2.75, 3.05) is 4.72 Å². The number of halogens is 2. The first-order valence-corrected chi connectivity index (χ1v) is 11.4. The highest BCUT2D eigenvalue weighted by Gasteiger charge is 2.24. The molecule has 1 aliphatic carbocycles. The molecule has 1 atom stereocenters. The summed E-state index contributed by atoms with van der Waals surface area (Å²) in [6, 6.07) is 12.1. The number of pyridine rings is 1. The summed E-state index contributed by atoms with van der Waals surface area (Å²) in [6.45, 7) is 0.413. The fourth-order valence-electron chi connectivity index (χ4n) is 4.14. The first-order valence-electron chi connectivity index (χ1n) is 9.96. The molecule has 1 unspecified atom stereocenters. The maximum atomic E-state index is 14.9. The van der Waals surface area contributed by atoms with Crippen LogP contribution in [0.2, 0.25) is 0 Å². The van der Waals surface area contributed by atoms with Crippen LogP contribution >= 0.6 is 0 Å². The van der Waals surface area contributed by atoms with Crippen molar-refractivity contribution in [1.82, 2.24) is 14.8 Å². The third-order valence-corrected chi connectivity index (χ3v) is 6.95. The number of fused-ring (bicyclic) bond motifs is 2. The zero-order valence-electron chi connectivity index (χ0n) is 16.8. The number of nitrogens with zero attached hydrogens (tertiary/aromatic N) is 3. The van der Waals surface area contributed by atoms with E-state index in [1.807, 2.05) is 12.1 Å². The minimum atomic E-state index is -4.32. The van der Waals surface area contributed by atoms with E-state index in [1.54, 1.807) is 4.68 Å². The maximum Gasteiger partial charge on any atom is 0.265 e. The Morgan fingerprint density at radius 1 is 1.12 bits per heavy atom. The lowest BCUT2D eigenvalue weighted by Crippen LogP contribution is -2.19. The molecule has 3 N–H and O–H groups in total. The molecule has 0 aliphatic heterocycles. The number of benzene rings is 2. The highest BCUT2D eigenvalue weighted by Crippen LogP contribution is 2.28. The zero-order valence-corrected chi connectivity index (χ0v) is 17.6. The molecule has 0 saturated carbocycles. The predicted molar refractivity (Wildman–Crippen MR) is 116 cm³/mol. The second-order valence-corrected chi connectivity index (χ2v) is 9.47. The normalized spacial score (nSPS) is 15.8. The second kappa shape index (κ2) is 7.64. The largest absolute Gasteiger partial charge is 0.327 e. The van der Waals surface area contributed by atoms with Gasteiger partial charge in [-0.25, -0.2) is 17.8 Å². The Kier molecular flexibility index (Phi) is 4.90. The van der Waals surface area contributed by atoms with Crippen LogP contribution < -0.4 is 10.5 Å². The lowest BCUT2D eigenvalue weighted by molar-refractivity contribution is 0.570. The van der Waals surface area contributed by atoms with E-state index >= 15 is 0 Å². The highest BCUT2D eigenvalue weighted by molar-refractivity contribution is 7.92. The van der Waals surface area contributed by atoms with Crippen molar-refractivity contribution in [2.45, 2.75) is 30.3 Å². The van der Waals surface area contributed by atoms with E-state index in [-0.39, 0.29) is 11.9 Å². The SMILES string of the molecule is NC1Cc2cccc(Cn3ncc4cc(S(=O)(=O)Nc5cccc(F)n5)c(F)cc43)c2C1. The smallest absolute Gasteiger partial charge is 0.265 e. The van der Waals surface area contributed by atoms with E-state index in [0.29, 0.717) is 17.4 Å².